The van der Waals surface area contributed by atoms with Gasteiger partial charge in [0, 0.05) is 17.3 Å². The van der Waals surface area contributed by atoms with E-state index in [9.17, 15) is 4.79 Å². The lowest BCUT2D eigenvalue weighted by Gasteiger charge is -2.29. The molecule has 0 N–H and O–H groups in total. The Kier molecular flexibility index (Phi) is 5.88. The molecule has 2 aromatic rings. The van der Waals surface area contributed by atoms with Crippen LogP contribution < -0.4 is 9.64 Å². The third-order valence-electron chi connectivity index (χ3n) is 3.38. The first-order chi connectivity index (χ1) is 11.0. The first-order valence-electron chi connectivity index (χ1n) is 7.47. The second-order valence-corrected chi connectivity index (χ2v) is 5.59. The van der Waals surface area contributed by atoms with Gasteiger partial charge in [0.2, 0.25) is 0 Å². The lowest BCUT2D eigenvalue weighted by Crippen LogP contribution is -2.37. The van der Waals surface area contributed by atoms with E-state index in [2.05, 4.69) is 0 Å². The summed E-state index contributed by atoms with van der Waals surface area (Å²) in [6.07, 6.45) is -1.21. The van der Waals surface area contributed by atoms with Crippen molar-refractivity contribution in [1.29, 1.82) is 0 Å². The molecule has 23 heavy (non-hydrogen) atoms. The second-order valence-electron chi connectivity index (χ2n) is 5.15. The van der Waals surface area contributed by atoms with Crippen molar-refractivity contribution in [2.45, 2.75) is 27.0 Å². The molecule has 0 aliphatic carbocycles. The topological polar surface area (TPSA) is 38.8 Å². The average Bonchev–Trinajstić information content (AvgIpc) is 2.47. The minimum atomic E-state index is -0.758. The van der Waals surface area contributed by atoms with Crippen molar-refractivity contribution in [3.8, 4) is 5.75 Å². The third kappa shape index (κ3) is 4.89. The fourth-order valence-corrected chi connectivity index (χ4v) is 2.49. The van der Waals surface area contributed by atoms with Crippen LogP contribution in [0.15, 0.2) is 48.5 Å². The molecule has 5 heteroatoms. The number of carbonyl (C=O) groups is 1. The molecule has 0 bridgehead atoms. The van der Waals surface area contributed by atoms with E-state index in [0.29, 0.717) is 17.3 Å². The van der Waals surface area contributed by atoms with Gasteiger partial charge in [-0.15, -0.1) is 0 Å². The average molecular weight is 334 g/mol. The third-order valence-corrected chi connectivity index (χ3v) is 3.61. The van der Waals surface area contributed by atoms with Crippen molar-refractivity contribution in [2.75, 3.05) is 11.4 Å². The van der Waals surface area contributed by atoms with Gasteiger partial charge in [0.05, 0.1) is 0 Å². The minimum absolute atomic E-state index is 0.355. The standard InChI is InChI=1S/C18H20ClNO3/c1-4-20(16-9-5-7-13(2)11-16)14(3)22-18(21)23-17-10-6-8-15(19)12-17/h5-12,14H,4H2,1-3H3. The van der Waals surface area contributed by atoms with Crippen LogP contribution in [0.3, 0.4) is 0 Å². The van der Waals surface area contributed by atoms with Gasteiger partial charge in [-0.1, -0.05) is 29.8 Å². The maximum absolute atomic E-state index is 11.9. The molecule has 0 radical (unpaired) electrons. The number of nitrogens with zero attached hydrogens (tertiary/aromatic N) is 1. The molecule has 0 saturated heterocycles. The van der Waals surface area contributed by atoms with Crippen LogP contribution in [0.25, 0.3) is 0 Å². The maximum atomic E-state index is 11.9. The van der Waals surface area contributed by atoms with Crippen molar-refractivity contribution in [3.63, 3.8) is 0 Å². The van der Waals surface area contributed by atoms with E-state index in [4.69, 9.17) is 21.1 Å². The molecular formula is C18H20ClNO3. The number of hydrogen-bond donors (Lipinski definition) is 0. The van der Waals surface area contributed by atoms with E-state index >= 15 is 0 Å². The van der Waals surface area contributed by atoms with E-state index in [0.717, 1.165) is 11.3 Å². The van der Waals surface area contributed by atoms with Crippen LogP contribution in [0.2, 0.25) is 5.02 Å². The Bertz CT molecular complexity index is 675. The molecule has 1 unspecified atom stereocenters. The SMILES string of the molecule is CCN(c1cccc(C)c1)C(C)OC(=O)Oc1cccc(Cl)c1. The molecule has 0 spiro atoms. The summed E-state index contributed by atoms with van der Waals surface area (Å²) >= 11 is 5.86. The Morgan fingerprint density at radius 1 is 1.22 bits per heavy atom. The maximum Gasteiger partial charge on any atom is 0.515 e. The highest BCUT2D eigenvalue weighted by atomic mass is 35.5. The van der Waals surface area contributed by atoms with Gasteiger partial charge in [-0.05, 0) is 56.7 Å². The monoisotopic (exact) mass is 333 g/mol. The summed E-state index contributed by atoms with van der Waals surface area (Å²) in [5, 5.41) is 0.498. The first kappa shape index (κ1) is 17.2. The molecule has 2 rings (SSSR count). The summed E-state index contributed by atoms with van der Waals surface area (Å²) in [6, 6.07) is 14.7. The zero-order valence-corrected chi connectivity index (χ0v) is 14.2. The Hall–Kier alpha value is -2.20. The number of anilines is 1. The number of benzene rings is 2. The van der Waals surface area contributed by atoms with Crippen molar-refractivity contribution in [2.24, 2.45) is 0 Å². The molecule has 0 saturated carbocycles. The van der Waals surface area contributed by atoms with Gasteiger partial charge < -0.3 is 14.4 Å². The Labute approximate surface area is 141 Å². The highest BCUT2D eigenvalue weighted by Gasteiger charge is 2.18. The van der Waals surface area contributed by atoms with Gasteiger partial charge in [0.25, 0.3) is 0 Å². The second kappa shape index (κ2) is 7.88. The molecule has 0 amide bonds. The number of rotatable bonds is 5. The van der Waals surface area contributed by atoms with Crippen LogP contribution in [0.5, 0.6) is 5.75 Å². The van der Waals surface area contributed by atoms with E-state index in [1.807, 2.05) is 49.9 Å². The van der Waals surface area contributed by atoms with E-state index in [1.54, 1.807) is 24.3 Å². The van der Waals surface area contributed by atoms with E-state index < -0.39 is 12.4 Å². The highest BCUT2D eigenvalue weighted by Crippen LogP contribution is 2.21. The Morgan fingerprint density at radius 3 is 2.61 bits per heavy atom. The fourth-order valence-electron chi connectivity index (χ4n) is 2.31. The molecule has 0 aliphatic heterocycles. The van der Waals surface area contributed by atoms with Gasteiger partial charge in [0.1, 0.15) is 5.75 Å². The van der Waals surface area contributed by atoms with E-state index in [-0.39, 0.29) is 0 Å². The lowest BCUT2D eigenvalue weighted by atomic mass is 10.2. The largest absolute Gasteiger partial charge is 0.515 e. The zero-order chi connectivity index (χ0) is 16.8. The predicted octanol–water partition coefficient (Wildman–Crippen LogP) is 5.04. The zero-order valence-electron chi connectivity index (χ0n) is 13.5. The van der Waals surface area contributed by atoms with Crippen LogP contribution in [0.4, 0.5) is 10.5 Å². The Morgan fingerprint density at radius 2 is 1.96 bits per heavy atom. The summed E-state index contributed by atoms with van der Waals surface area (Å²) in [4.78, 5) is 13.9. The van der Waals surface area contributed by atoms with Crippen LogP contribution in [0.1, 0.15) is 19.4 Å². The molecule has 0 aromatic heterocycles. The van der Waals surface area contributed by atoms with Crippen molar-refractivity contribution in [1.82, 2.24) is 0 Å². The molecule has 2 aromatic carbocycles. The van der Waals surface area contributed by atoms with Gasteiger partial charge in [-0.2, -0.15) is 0 Å². The molecule has 0 aliphatic rings. The van der Waals surface area contributed by atoms with Crippen LogP contribution in [0, 0.1) is 6.92 Å². The van der Waals surface area contributed by atoms with Gasteiger partial charge in [-0.25, -0.2) is 4.79 Å². The number of hydrogen-bond acceptors (Lipinski definition) is 4. The molecule has 1 atom stereocenters. The van der Waals surface area contributed by atoms with Crippen LogP contribution in [-0.2, 0) is 4.74 Å². The van der Waals surface area contributed by atoms with Crippen LogP contribution in [-0.4, -0.2) is 18.9 Å². The van der Waals surface area contributed by atoms with Crippen molar-refractivity contribution >= 4 is 23.4 Å². The predicted molar refractivity (Wildman–Crippen MR) is 92.2 cm³/mol. The summed E-state index contributed by atoms with van der Waals surface area (Å²) in [7, 11) is 0. The van der Waals surface area contributed by atoms with Crippen molar-refractivity contribution in [3.05, 3.63) is 59.1 Å². The number of halogens is 1. The minimum Gasteiger partial charge on any atom is -0.410 e. The molecule has 4 nitrogen and oxygen atoms in total. The molecular weight excluding hydrogens is 314 g/mol. The smallest absolute Gasteiger partial charge is 0.410 e. The van der Waals surface area contributed by atoms with Gasteiger partial charge in [0.15, 0.2) is 6.23 Å². The van der Waals surface area contributed by atoms with Gasteiger partial charge >= 0.3 is 6.16 Å². The number of aryl methyl sites for hydroxylation is 1. The normalized spacial score (nSPS) is 11.7. The molecule has 0 heterocycles. The summed E-state index contributed by atoms with van der Waals surface area (Å²) < 4.78 is 10.5. The quantitative estimate of drug-likeness (QED) is 0.436. The highest BCUT2D eigenvalue weighted by molar-refractivity contribution is 6.30. The number of carbonyl (C=O) groups excluding carboxylic acids is 1. The lowest BCUT2D eigenvalue weighted by molar-refractivity contribution is 0.0645. The summed E-state index contributed by atoms with van der Waals surface area (Å²) in [5.74, 6) is 0.355. The molecule has 0 fully saturated rings. The summed E-state index contributed by atoms with van der Waals surface area (Å²) in [5.41, 5.74) is 2.14. The number of ether oxygens (including phenoxy) is 2. The Balaban J connectivity index is 2.01. The molecule has 122 valence electrons. The first-order valence-corrected chi connectivity index (χ1v) is 7.84. The van der Waals surface area contributed by atoms with Crippen LogP contribution >= 0.6 is 11.6 Å². The van der Waals surface area contributed by atoms with Crippen molar-refractivity contribution < 1.29 is 14.3 Å². The van der Waals surface area contributed by atoms with Gasteiger partial charge in [-0.3, -0.25) is 0 Å². The summed E-state index contributed by atoms with van der Waals surface area (Å²) in [6.45, 7) is 6.54. The van der Waals surface area contributed by atoms with E-state index in [1.165, 1.54) is 0 Å². The fraction of sp³-hybridized carbons (Fsp3) is 0.278.